The molecular weight excluding hydrogens is 332 g/mol. The minimum Gasteiger partial charge on any atom is -0.416 e. The minimum absolute atomic E-state index is 0.196. The summed E-state index contributed by atoms with van der Waals surface area (Å²) >= 11 is 0. The van der Waals surface area contributed by atoms with Crippen LogP contribution in [0.15, 0.2) is 24.3 Å². The molecule has 2 rings (SSSR count). The summed E-state index contributed by atoms with van der Waals surface area (Å²) in [6.45, 7) is 13.0. The molecule has 1 heterocycles. The van der Waals surface area contributed by atoms with E-state index in [1.165, 1.54) is 5.56 Å². The lowest BCUT2D eigenvalue weighted by Gasteiger charge is -2.36. The Morgan fingerprint density at radius 3 is 2.28 bits per heavy atom. The number of imide groups is 1. The fourth-order valence-electron chi connectivity index (χ4n) is 2.42. The van der Waals surface area contributed by atoms with E-state index in [9.17, 15) is 9.59 Å². The fraction of sp³-hybridized carbons (Fsp3) is 0.579. The number of carbonyl (C=O) groups is 2. The summed E-state index contributed by atoms with van der Waals surface area (Å²) in [7, 11) is -1.69. The highest BCUT2D eigenvalue weighted by atomic mass is 28.4. The number of hydrogen-bond donors (Lipinski definition) is 1. The van der Waals surface area contributed by atoms with Gasteiger partial charge >= 0.3 is 6.03 Å². The Morgan fingerprint density at radius 1 is 1.12 bits per heavy atom. The lowest BCUT2D eigenvalue weighted by atomic mass is 10.1. The van der Waals surface area contributed by atoms with Crippen LogP contribution in [0.5, 0.6) is 0 Å². The summed E-state index contributed by atoms with van der Waals surface area (Å²) in [6, 6.07) is 7.98. The van der Waals surface area contributed by atoms with Crippen LogP contribution in [0.4, 0.5) is 4.79 Å². The standard InChI is InChI=1S/C19H30N2O3Si/c1-19(2,3)25(4,5)24-13-11-15-6-8-16(9-7-15)14-21-12-10-17(22)20-18(21)23/h6-9H,10-14H2,1-5H3,(H,20,22,23). The molecule has 1 fully saturated rings. The molecular formula is C19H30N2O3Si. The predicted molar refractivity (Wildman–Crippen MR) is 102 cm³/mol. The van der Waals surface area contributed by atoms with Crippen LogP contribution in [0, 0.1) is 0 Å². The number of nitrogens with one attached hydrogen (secondary N) is 1. The van der Waals surface area contributed by atoms with Gasteiger partial charge in [-0.2, -0.15) is 0 Å². The van der Waals surface area contributed by atoms with Crippen LogP contribution in [0.3, 0.4) is 0 Å². The van der Waals surface area contributed by atoms with Gasteiger partial charge in [0.1, 0.15) is 0 Å². The third-order valence-corrected chi connectivity index (χ3v) is 9.74. The average Bonchev–Trinajstić information content (AvgIpc) is 2.50. The van der Waals surface area contributed by atoms with Gasteiger partial charge in [0, 0.05) is 26.1 Å². The van der Waals surface area contributed by atoms with Gasteiger partial charge in [-0.3, -0.25) is 10.1 Å². The first-order valence-corrected chi connectivity index (χ1v) is 11.8. The molecule has 138 valence electrons. The van der Waals surface area contributed by atoms with Gasteiger partial charge in [-0.15, -0.1) is 0 Å². The molecule has 0 aromatic heterocycles. The number of urea groups is 1. The van der Waals surface area contributed by atoms with E-state index >= 15 is 0 Å². The summed E-state index contributed by atoms with van der Waals surface area (Å²) in [5.41, 5.74) is 2.30. The van der Waals surface area contributed by atoms with Crippen LogP contribution in [-0.2, 0) is 22.2 Å². The van der Waals surface area contributed by atoms with Crippen molar-refractivity contribution in [1.29, 1.82) is 0 Å². The minimum atomic E-state index is -1.69. The molecule has 6 heteroatoms. The second-order valence-corrected chi connectivity index (χ2v) is 13.0. The Balaban J connectivity index is 1.84. The van der Waals surface area contributed by atoms with Crippen LogP contribution in [-0.4, -0.2) is 38.3 Å². The van der Waals surface area contributed by atoms with Crippen LogP contribution in [0.25, 0.3) is 0 Å². The molecule has 0 atom stereocenters. The Morgan fingerprint density at radius 2 is 1.72 bits per heavy atom. The first kappa shape index (κ1) is 19.7. The molecule has 0 radical (unpaired) electrons. The topological polar surface area (TPSA) is 58.6 Å². The van der Waals surface area contributed by atoms with Gasteiger partial charge in [-0.25, -0.2) is 4.79 Å². The molecule has 0 bridgehead atoms. The summed E-state index contributed by atoms with van der Waals surface area (Å²) in [6.07, 6.45) is 1.26. The zero-order valence-electron chi connectivity index (χ0n) is 16.0. The average molecular weight is 363 g/mol. The number of hydrogen-bond acceptors (Lipinski definition) is 3. The lowest BCUT2D eigenvalue weighted by molar-refractivity contribution is -0.121. The van der Waals surface area contributed by atoms with E-state index in [4.69, 9.17) is 4.43 Å². The molecule has 0 aliphatic carbocycles. The van der Waals surface area contributed by atoms with E-state index in [-0.39, 0.29) is 17.0 Å². The van der Waals surface area contributed by atoms with E-state index in [2.05, 4.69) is 51.3 Å². The van der Waals surface area contributed by atoms with Crippen molar-refractivity contribution < 1.29 is 14.0 Å². The van der Waals surface area contributed by atoms with Crippen molar-refractivity contribution >= 4 is 20.3 Å². The summed E-state index contributed by atoms with van der Waals surface area (Å²) < 4.78 is 6.22. The molecule has 1 aromatic rings. The Bertz CT molecular complexity index is 621. The van der Waals surface area contributed by atoms with Crippen LogP contribution >= 0.6 is 0 Å². The molecule has 0 spiro atoms. The van der Waals surface area contributed by atoms with Crippen molar-refractivity contribution in [3.05, 3.63) is 35.4 Å². The van der Waals surface area contributed by atoms with Gasteiger partial charge in [0.05, 0.1) is 0 Å². The van der Waals surface area contributed by atoms with Gasteiger partial charge in [0.2, 0.25) is 5.91 Å². The second kappa shape index (κ2) is 7.70. The van der Waals surface area contributed by atoms with Crippen LogP contribution in [0.1, 0.15) is 38.3 Å². The van der Waals surface area contributed by atoms with E-state index in [1.807, 2.05) is 12.1 Å². The maximum absolute atomic E-state index is 11.8. The largest absolute Gasteiger partial charge is 0.416 e. The van der Waals surface area contributed by atoms with Crippen LogP contribution in [0.2, 0.25) is 18.1 Å². The van der Waals surface area contributed by atoms with Crippen molar-refractivity contribution in [2.75, 3.05) is 13.2 Å². The highest BCUT2D eigenvalue weighted by Gasteiger charge is 2.36. The monoisotopic (exact) mass is 362 g/mol. The van der Waals surface area contributed by atoms with Crippen molar-refractivity contribution in [1.82, 2.24) is 10.2 Å². The van der Waals surface area contributed by atoms with E-state index in [0.717, 1.165) is 18.6 Å². The summed E-state index contributed by atoms with van der Waals surface area (Å²) in [5.74, 6) is -0.196. The molecule has 5 nitrogen and oxygen atoms in total. The normalized spacial score (nSPS) is 16.1. The number of carbonyl (C=O) groups excluding carboxylic acids is 2. The molecule has 1 N–H and O–H groups in total. The molecule has 1 saturated heterocycles. The zero-order valence-corrected chi connectivity index (χ0v) is 17.0. The smallest absolute Gasteiger partial charge is 0.324 e. The van der Waals surface area contributed by atoms with Crippen molar-refractivity contribution in [3.8, 4) is 0 Å². The third-order valence-electron chi connectivity index (χ3n) is 5.20. The number of rotatable bonds is 6. The number of benzene rings is 1. The Hall–Kier alpha value is -1.66. The Kier molecular flexibility index (Phi) is 6.06. The van der Waals surface area contributed by atoms with E-state index in [0.29, 0.717) is 19.5 Å². The summed E-state index contributed by atoms with van der Waals surface area (Å²) in [4.78, 5) is 24.6. The molecule has 0 saturated carbocycles. The maximum atomic E-state index is 11.8. The quantitative estimate of drug-likeness (QED) is 0.785. The second-order valence-electron chi connectivity index (χ2n) is 8.20. The predicted octanol–water partition coefficient (Wildman–Crippen LogP) is 3.69. The molecule has 3 amide bonds. The van der Waals surface area contributed by atoms with Crippen molar-refractivity contribution in [2.24, 2.45) is 0 Å². The number of nitrogens with zero attached hydrogens (tertiary/aromatic N) is 1. The van der Waals surface area contributed by atoms with Gasteiger partial charge in [-0.1, -0.05) is 45.0 Å². The zero-order chi connectivity index (χ0) is 18.7. The molecule has 1 aromatic carbocycles. The van der Waals surface area contributed by atoms with E-state index < -0.39 is 8.32 Å². The number of amides is 3. The van der Waals surface area contributed by atoms with Gasteiger partial charge < -0.3 is 9.33 Å². The highest BCUT2D eigenvalue weighted by Crippen LogP contribution is 2.36. The SMILES string of the molecule is CC(C)(C)[Si](C)(C)OCCc1ccc(CN2CCC(=O)NC2=O)cc1. The molecule has 25 heavy (non-hydrogen) atoms. The van der Waals surface area contributed by atoms with Gasteiger partial charge in [0.25, 0.3) is 0 Å². The van der Waals surface area contributed by atoms with Crippen molar-refractivity contribution in [2.45, 2.75) is 58.3 Å². The van der Waals surface area contributed by atoms with Crippen LogP contribution < -0.4 is 5.32 Å². The van der Waals surface area contributed by atoms with E-state index in [1.54, 1.807) is 4.90 Å². The highest BCUT2D eigenvalue weighted by molar-refractivity contribution is 6.74. The fourth-order valence-corrected chi connectivity index (χ4v) is 3.47. The Labute approximate surface area is 151 Å². The molecule has 1 aliphatic rings. The third kappa shape index (κ3) is 5.41. The first-order valence-electron chi connectivity index (χ1n) is 8.89. The molecule has 0 unspecified atom stereocenters. The first-order chi connectivity index (χ1) is 11.6. The lowest BCUT2D eigenvalue weighted by Crippen LogP contribution is -2.48. The summed E-state index contributed by atoms with van der Waals surface area (Å²) in [5, 5.41) is 2.58. The molecule has 1 aliphatic heterocycles. The van der Waals surface area contributed by atoms with Gasteiger partial charge in [-0.05, 0) is 35.7 Å². The maximum Gasteiger partial charge on any atom is 0.324 e. The van der Waals surface area contributed by atoms with Crippen molar-refractivity contribution in [3.63, 3.8) is 0 Å². The van der Waals surface area contributed by atoms with Gasteiger partial charge in [0.15, 0.2) is 8.32 Å².